The van der Waals surface area contributed by atoms with Gasteiger partial charge in [-0.05, 0) is 30.9 Å². The summed E-state index contributed by atoms with van der Waals surface area (Å²) in [5.74, 6) is 0. The van der Waals surface area contributed by atoms with Crippen LogP contribution in [0.4, 0.5) is 0 Å². The fourth-order valence-corrected chi connectivity index (χ4v) is 1.68. The van der Waals surface area contributed by atoms with E-state index in [1.807, 2.05) is 43.3 Å². The number of rotatable bonds is 8. The van der Waals surface area contributed by atoms with Crippen molar-refractivity contribution in [1.29, 1.82) is 0 Å². The lowest BCUT2D eigenvalue weighted by Gasteiger charge is -2.13. The van der Waals surface area contributed by atoms with Gasteiger partial charge in [0.15, 0.2) is 0 Å². The minimum Gasteiger partial charge on any atom is -0.375 e. The maximum atomic E-state index is 9.97. The fourth-order valence-electron chi connectivity index (χ4n) is 1.68. The standard InChI is InChI=1S/C17H23NO/c1-3-4-5-6-8-11-15(2)17(19)18-14-16-12-9-7-10-13-16/h3-5,7,9-13,17-19H,1,6,8,14H2,2H3. The molecular formula is C17H23NO. The van der Waals surface area contributed by atoms with Crippen LogP contribution in [-0.2, 0) is 6.54 Å². The molecule has 1 aromatic rings. The summed E-state index contributed by atoms with van der Waals surface area (Å²) in [5.41, 5.74) is 2.13. The van der Waals surface area contributed by atoms with Crippen molar-refractivity contribution in [2.75, 3.05) is 0 Å². The molecule has 0 aliphatic heterocycles. The first-order chi connectivity index (χ1) is 9.24. The van der Waals surface area contributed by atoms with Gasteiger partial charge in [-0.15, -0.1) is 0 Å². The van der Waals surface area contributed by atoms with Gasteiger partial charge in [0.05, 0.1) is 0 Å². The second-order valence-corrected chi connectivity index (χ2v) is 4.46. The Balaban J connectivity index is 2.31. The Labute approximate surface area is 116 Å². The molecular weight excluding hydrogens is 234 g/mol. The van der Waals surface area contributed by atoms with Crippen LogP contribution in [0.2, 0.25) is 0 Å². The number of benzene rings is 1. The van der Waals surface area contributed by atoms with Gasteiger partial charge in [-0.2, -0.15) is 0 Å². The lowest BCUT2D eigenvalue weighted by atomic mass is 10.1. The lowest BCUT2D eigenvalue weighted by Crippen LogP contribution is -2.29. The van der Waals surface area contributed by atoms with E-state index in [-0.39, 0.29) is 0 Å². The fraction of sp³-hybridized carbons (Fsp3) is 0.294. The molecule has 0 amide bonds. The molecule has 0 spiro atoms. The van der Waals surface area contributed by atoms with Crippen molar-refractivity contribution in [2.45, 2.75) is 32.5 Å². The van der Waals surface area contributed by atoms with Gasteiger partial charge in [-0.3, -0.25) is 5.32 Å². The summed E-state index contributed by atoms with van der Waals surface area (Å²) >= 11 is 0. The molecule has 0 saturated carbocycles. The van der Waals surface area contributed by atoms with Crippen LogP contribution >= 0.6 is 0 Å². The number of hydrogen-bond donors (Lipinski definition) is 2. The third-order valence-corrected chi connectivity index (χ3v) is 2.85. The van der Waals surface area contributed by atoms with Gasteiger partial charge in [0.25, 0.3) is 0 Å². The van der Waals surface area contributed by atoms with Crippen molar-refractivity contribution in [3.8, 4) is 0 Å². The van der Waals surface area contributed by atoms with Crippen LogP contribution in [0.15, 0.2) is 66.8 Å². The molecule has 102 valence electrons. The molecule has 0 saturated heterocycles. The van der Waals surface area contributed by atoms with Gasteiger partial charge < -0.3 is 5.11 Å². The molecule has 1 atom stereocenters. The molecule has 0 fully saturated rings. The molecule has 2 N–H and O–H groups in total. The van der Waals surface area contributed by atoms with Gasteiger partial charge >= 0.3 is 0 Å². The summed E-state index contributed by atoms with van der Waals surface area (Å²) in [5, 5.41) is 13.1. The highest BCUT2D eigenvalue weighted by Crippen LogP contribution is 2.05. The van der Waals surface area contributed by atoms with E-state index in [1.165, 1.54) is 5.56 Å². The van der Waals surface area contributed by atoms with Crippen molar-refractivity contribution in [2.24, 2.45) is 0 Å². The van der Waals surface area contributed by atoms with Gasteiger partial charge in [0.2, 0.25) is 0 Å². The third-order valence-electron chi connectivity index (χ3n) is 2.85. The average Bonchev–Trinajstić information content (AvgIpc) is 2.45. The molecule has 1 unspecified atom stereocenters. The largest absolute Gasteiger partial charge is 0.375 e. The van der Waals surface area contributed by atoms with Crippen LogP contribution in [0.25, 0.3) is 0 Å². The van der Waals surface area contributed by atoms with E-state index in [0.29, 0.717) is 6.54 Å². The summed E-state index contributed by atoms with van der Waals surface area (Å²) < 4.78 is 0. The Morgan fingerprint density at radius 3 is 2.74 bits per heavy atom. The van der Waals surface area contributed by atoms with Crippen LogP contribution in [0.3, 0.4) is 0 Å². The van der Waals surface area contributed by atoms with Gasteiger partial charge in [-0.25, -0.2) is 0 Å². The Kier molecular flexibility index (Phi) is 7.56. The zero-order valence-electron chi connectivity index (χ0n) is 11.5. The van der Waals surface area contributed by atoms with E-state index < -0.39 is 6.23 Å². The number of aliphatic hydroxyl groups is 1. The highest BCUT2D eigenvalue weighted by atomic mass is 16.3. The van der Waals surface area contributed by atoms with E-state index in [4.69, 9.17) is 0 Å². The normalized spacial score (nSPS) is 13.7. The first-order valence-corrected chi connectivity index (χ1v) is 6.63. The Morgan fingerprint density at radius 2 is 2.05 bits per heavy atom. The molecule has 0 aliphatic rings. The number of aliphatic hydroxyl groups excluding tert-OH is 1. The van der Waals surface area contributed by atoms with E-state index in [1.54, 1.807) is 6.08 Å². The second-order valence-electron chi connectivity index (χ2n) is 4.46. The van der Waals surface area contributed by atoms with E-state index in [0.717, 1.165) is 18.4 Å². The molecule has 0 aliphatic carbocycles. The lowest BCUT2D eigenvalue weighted by molar-refractivity contribution is 0.170. The smallest absolute Gasteiger partial charge is 0.127 e. The monoisotopic (exact) mass is 257 g/mol. The molecule has 1 rings (SSSR count). The van der Waals surface area contributed by atoms with Gasteiger partial charge in [0.1, 0.15) is 6.23 Å². The van der Waals surface area contributed by atoms with E-state index >= 15 is 0 Å². The molecule has 1 aromatic carbocycles. The van der Waals surface area contributed by atoms with Gasteiger partial charge in [0, 0.05) is 6.54 Å². The summed E-state index contributed by atoms with van der Waals surface area (Å²) in [6.07, 6.45) is 9.16. The highest BCUT2D eigenvalue weighted by Gasteiger charge is 2.04. The predicted molar refractivity (Wildman–Crippen MR) is 81.6 cm³/mol. The topological polar surface area (TPSA) is 32.3 Å². The van der Waals surface area contributed by atoms with Crippen LogP contribution in [0.1, 0.15) is 25.3 Å². The van der Waals surface area contributed by atoms with E-state index in [2.05, 4.69) is 24.0 Å². The average molecular weight is 257 g/mol. The zero-order chi connectivity index (χ0) is 13.9. The molecule has 0 bridgehead atoms. The summed E-state index contributed by atoms with van der Waals surface area (Å²) in [6.45, 7) is 6.24. The molecule has 19 heavy (non-hydrogen) atoms. The number of hydrogen-bond acceptors (Lipinski definition) is 2. The molecule has 0 aromatic heterocycles. The quantitative estimate of drug-likeness (QED) is 0.323. The van der Waals surface area contributed by atoms with Crippen LogP contribution in [-0.4, -0.2) is 11.3 Å². The minimum absolute atomic E-state index is 0.580. The van der Waals surface area contributed by atoms with Crippen LogP contribution in [0, 0.1) is 0 Å². The molecule has 2 heteroatoms. The Hall–Kier alpha value is -1.64. The number of nitrogens with one attached hydrogen (secondary N) is 1. The highest BCUT2D eigenvalue weighted by molar-refractivity contribution is 5.15. The first kappa shape index (κ1) is 15.4. The van der Waals surface area contributed by atoms with E-state index in [9.17, 15) is 5.11 Å². The second kappa shape index (κ2) is 9.31. The number of unbranched alkanes of at least 4 members (excludes halogenated alkanes) is 1. The number of allylic oxidation sites excluding steroid dienone is 4. The predicted octanol–water partition coefficient (Wildman–Crippen LogP) is 3.56. The van der Waals surface area contributed by atoms with Crippen LogP contribution in [0.5, 0.6) is 0 Å². The summed E-state index contributed by atoms with van der Waals surface area (Å²) in [7, 11) is 0. The molecule has 0 heterocycles. The van der Waals surface area contributed by atoms with Crippen molar-refractivity contribution >= 4 is 0 Å². The summed E-state index contributed by atoms with van der Waals surface area (Å²) in [6, 6.07) is 10.1. The van der Waals surface area contributed by atoms with Crippen molar-refractivity contribution in [3.63, 3.8) is 0 Å². The van der Waals surface area contributed by atoms with Crippen molar-refractivity contribution in [3.05, 3.63) is 72.4 Å². The summed E-state index contributed by atoms with van der Waals surface area (Å²) in [4.78, 5) is 0. The maximum Gasteiger partial charge on any atom is 0.127 e. The maximum absolute atomic E-state index is 9.97. The van der Waals surface area contributed by atoms with Crippen molar-refractivity contribution < 1.29 is 5.11 Å². The Bertz CT molecular complexity index is 420. The van der Waals surface area contributed by atoms with Crippen LogP contribution < -0.4 is 5.32 Å². The first-order valence-electron chi connectivity index (χ1n) is 6.63. The minimum atomic E-state index is -0.580. The molecule has 0 radical (unpaired) electrons. The SMILES string of the molecule is C=CC=CCCC=C(C)C(O)NCc1ccccc1. The zero-order valence-corrected chi connectivity index (χ0v) is 11.5. The van der Waals surface area contributed by atoms with Crippen molar-refractivity contribution in [1.82, 2.24) is 5.32 Å². The third kappa shape index (κ3) is 6.75. The van der Waals surface area contributed by atoms with Gasteiger partial charge in [-0.1, -0.05) is 61.2 Å². The Morgan fingerprint density at radius 1 is 1.32 bits per heavy atom. The molecule has 2 nitrogen and oxygen atoms in total.